The fourth-order valence-electron chi connectivity index (χ4n) is 3.84. The highest BCUT2D eigenvalue weighted by atomic mass is 32.1. The van der Waals surface area contributed by atoms with E-state index in [1.54, 1.807) is 11.3 Å². The van der Waals surface area contributed by atoms with Gasteiger partial charge in [0.2, 0.25) is 0 Å². The highest BCUT2D eigenvalue weighted by Crippen LogP contribution is 2.39. The average Bonchev–Trinajstić information content (AvgIpc) is 3.20. The van der Waals surface area contributed by atoms with Crippen molar-refractivity contribution in [2.24, 2.45) is 0 Å². The summed E-state index contributed by atoms with van der Waals surface area (Å²) >= 11 is 1.80. The molecule has 0 atom stereocenters. The van der Waals surface area contributed by atoms with Gasteiger partial charge in [-0.1, -0.05) is 30.3 Å². The molecule has 5 heteroatoms. The number of thiophene rings is 1. The molecule has 0 radical (unpaired) electrons. The van der Waals surface area contributed by atoms with Gasteiger partial charge in [0, 0.05) is 14.8 Å². The molecule has 2 heterocycles. The third kappa shape index (κ3) is 3.04. The van der Waals surface area contributed by atoms with Crippen LogP contribution in [0.3, 0.4) is 0 Å². The zero-order valence-corrected chi connectivity index (χ0v) is 18.3. The van der Waals surface area contributed by atoms with Crippen LogP contribution in [0, 0.1) is 11.3 Å². The van der Waals surface area contributed by atoms with Crippen molar-refractivity contribution in [1.82, 2.24) is 0 Å². The Balaban J connectivity index is 1.59. The third-order valence-electron chi connectivity index (χ3n) is 6.37. The standard InChI is InChI=1S/C25H22BNO2S/c1-24(2)25(3,4)29-26(28-24)19-10-12-23-21(14-19)20-13-18(9-11-22(20)30-23)17-7-5-16(15-27)6-8-17/h5-14H,1-4H3. The zero-order chi connectivity index (χ0) is 21.1. The van der Waals surface area contributed by atoms with Crippen molar-refractivity contribution in [3.63, 3.8) is 0 Å². The molecule has 1 aromatic heterocycles. The first-order chi connectivity index (χ1) is 14.3. The van der Waals surface area contributed by atoms with E-state index in [-0.39, 0.29) is 18.3 Å². The van der Waals surface area contributed by atoms with Crippen LogP contribution in [0.15, 0.2) is 60.7 Å². The Morgan fingerprint density at radius 3 is 1.97 bits per heavy atom. The molecule has 0 saturated carbocycles. The molecule has 4 aromatic rings. The summed E-state index contributed by atoms with van der Waals surface area (Å²) in [5.41, 5.74) is 3.26. The minimum absolute atomic E-state index is 0.355. The molecule has 0 spiro atoms. The quantitative estimate of drug-likeness (QED) is 0.386. The van der Waals surface area contributed by atoms with E-state index >= 15 is 0 Å². The highest BCUT2D eigenvalue weighted by molar-refractivity contribution is 7.25. The van der Waals surface area contributed by atoms with Gasteiger partial charge in [-0.25, -0.2) is 0 Å². The van der Waals surface area contributed by atoms with Crippen LogP contribution >= 0.6 is 11.3 Å². The minimum atomic E-state index is -0.365. The van der Waals surface area contributed by atoms with Crippen LogP contribution < -0.4 is 5.46 Å². The second-order valence-electron chi connectivity index (χ2n) is 8.85. The van der Waals surface area contributed by atoms with Crippen molar-refractivity contribution in [3.05, 3.63) is 66.2 Å². The number of hydrogen-bond donors (Lipinski definition) is 0. The van der Waals surface area contributed by atoms with E-state index in [1.807, 2.05) is 24.3 Å². The molecule has 5 rings (SSSR count). The second kappa shape index (κ2) is 6.68. The molecule has 0 aliphatic carbocycles. The summed E-state index contributed by atoms with van der Waals surface area (Å²) in [6, 6.07) is 23.0. The van der Waals surface area contributed by atoms with Crippen LogP contribution in [-0.2, 0) is 9.31 Å². The number of hydrogen-bond acceptors (Lipinski definition) is 4. The third-order valence-corrected chi connectivity index (χ3v) is 7.52. The fraction of sp³-hybridized carbons (Fsp3) is 0.240. The maximum absolute atomic E-state index is 9.04. The van der Waals surface area contributed by atoms with Gasteiger partial charge in [0.1, 0.15) is 0 Å². The molecule has 30 heavy (non-hydrogen) atoms. The van der Waals surface area contributed by atoms with Crippen molar-refractivity contribution in [2.75, 3.05) is 0 Å². The van der Waals surface area contributed by atoms with Crippen LogP contribution in [0.5, 0.6) is 0 Å². The zero-order valence-electron chi connectivity index (χ0n) is 17.5. The van der Waals surface area contributed by atoms with E-state index in [2.05, 4.69) is 70.2 Å². The predicted molar refractivity (Wildman–Crippen MR) is 125 cm³/mol. The molecule has 0 bridgehead atoms. The molecular weight excluding hydrogens is 389 g/mol. The topological polar surface area (TPSA) is 42.2 Å². The van der Waals surface area contributed by atoms with Crippen LogP contribution in [0.4, 0.5) is 0 Å². The normalized spacial score (nSPS) is 17.5. The summed E-state index contributed by atoms with van der Waals surface area (Å²) in [6.07, 6.45) is 0. The lowest BCUT2D eigenvalue weighted by Crippen LogP contribution is -2.41. The van der Waals surface area contributed by atoms with E-state index in [9.17, 15) is 0 Å². The van der Waals surface area contributed by atoms with Gasteiger partial charge in [-0.2, -0.15) is 5.26 Å². The van der Waals surface area contributed by atoms with Crippen molar-refractivity contribution in [1.29, 1.82) is 5.26 Å². The molecule has 1 aliphatic rings. The van der Waals surface area contributed by atoms with Gasteiger partial charge in [0.15, 0.2) is 0 Å². The first-order valence-corrected chi connectivity index (χ1v) is 10.9. The molecule has 1 saturated heterocycles. The molecule has 3 aromatic carbocycles. The van der Waals surface area contributed by atoms with E-state index in [1.165, 1.54) is 20.2 Å². The Labute approximate surface area is 181 Å². The Kier molecular flexibility index (Phi) is 4.30. The van der Waals surface area contributed by atoms with Gasteiger partial charge in [-0.3, -0.25) is 0 Å². The Morgan fingerprint density at radius 1 is 0.767 bits per heavy atom. The lowest BCUT2D eigenvalue weighted by atomic mass is 9.78. The molecule has 0 amide bonds. The first kappa shape index (κ1) is 19.3. The van der Waals surface area contributed by atoms with E-state index in [0.29, 0.717) is 5.56 Å². The van der Waals surface area contributed by atoms with E-state index in [4.69, 9.17) is 14.6 Å². The molecule has 1 fully saturated rings. The van der Waals surface area contributed by atoms with E-state index < -0.39 is 0 Å². The van der Waals surface area contributed by atoms with E-state index in [0.717, 1.165) is 16.6 Å². The number of nitrogens with zero attached hydrogens (tertiary/aromatic N) is 1. The minimum Gasteiger partial charge on any atom is -0.399 e. The van der Waals surface area contributed by atoms with Gasteiger partial charge in [-0.15, -0.1) is 11.3 Å². The number of nitriles is 1. The average molecular weight is 411 g/mol. The number of benzene rings is 3. The Morgan fingerprint density at radius 2 is 1.33 bits per heavy atom. The molecular formula is C25H22BNO2S. The summed E-state index contributed by atoms with van der Waals surface area (Å²) in [5, 5.41) is 11.5. The predicted octanol–water partition coefficient (Wildman–Crippen LogP) is 5.89. The fourth-order valence-corrected chi connectivity index (χ4v) is 4.90. The smallest absolute Gasteiger partial charge is 0.399 e. The van der Waals surface area contributed by atoms with Gasteiger partial charge >= 0.3 is 7.12 Å². The van der Waals surface area contributed by atoms with Crippen LogP contribution in [0.2, 0.25) is 0 Å². The molecule has 148 valence electrons. The molecule has 0 unspecified atom stereocenters. The summed E-state index contributed by atoms with van der Waals surface area (Å²) < 4.78 is 15.0. The lowest BCUT2D eigenvalue weighted by molar-refractivity contribution is 0.00578. The maximum Gasteiger partial charge on any atom is 0.494 e. The van der Waals surface area contributed by atoms with Crippen molar-refractivity contribution >= 4 is 44.1 Å². The number of fused-ring (bicyclic) bond motifs is 3. The number of rotatable bonds is 2. The van der Waals surface area contributed by atoms with Crippen molar-refractivity contribution in [3.8, 4) is 17.2 Å². The SMILES string of the molecule is CC1(C)OB(c2ccc3sc4ccc(-c5ccc(C#N)cc5)cc4c3c2)OC1(C)C. The summed E-state index contributed by atoms with van der Waals surface area (Å²) in [6.45, 7) is 8.32. The lowest BCUT2D eigenvalue weighted by Gasteiger charge is -2.32. The van der Waals surface area contributed by atoms with Crippen LogP contribution in [0.25, 0.3) is 31.3 Å². The van der Waals surface area contributed by atoms with Crippen molar-refractivity contribution in [2.45, 2.75) is 38.9 Å². The summed E-state index contributed by atoms with van der Waals surface area (Å²) in [7, 11) is -0.365. The molecule has 3 nitrogen and oxygen atoms in total. The van der Waals surface area contributed by atoms with Crippen LogP contribution in [0.1, 0.15) is 33.3 Å². The molecule has 0 N–H and O–H groups in total. The van der Waals surface area contributed by atoms with Gasteiger partial charge in [-0.05, 0) is 80.0 Å². The monoisotopic (exact) mass is 411 g/mol. The summed E-state index contributed by atoms with van der Waals surface area (Å²) in [4.78, 5) is 0. The maximum atomic E-state index is 9.04. The Hall–Kier alpha value is -2.65. The van der Waals surface area contributed by atoms with Gasteiger partial charge in [0.25, 0.3) is 0 Å². The van der Waals surface area contributed by atoms with Gasteiger partial charge in [0.05, 0.1) is 22.8 Å². The summed E-state index contributed by atoms with van der Waals surface area (Å²) in [5.74, 6) is 0. The van der Waals surface area contributed by atoms with Gasteiger partial charge < -0.3 is 9.31 Å². The Bertz CT molecular complexity index is 1300. The van der Waals surface area contributed by atoms with Crippen molar-refractivity contribution < 1.29 is 9.31 Å². The second-order valence-corrected chi connectivity index (χ2v) is 9.93. The van der Waals surface area contributed by atoms with Crippen LogP contribution in [-0.4, -0.2) is 18.3 Å². The first-order valence-electron chi connectivity index (χ1n) is 10.1. The largest absolute Gasteiger partial charge is 0.494 e. The highest BCUT2D eigenvalue weighted by Gasteiger charge is 2.51. The molecule has 1 aliphatic heterocycles.